The summed E-state index contributed by atoms with van der Waals surface area (Å²) in [6, 6.07) is 1.48. The molecule has 0 aromatic carbocycles. The first-order valence-electron chi connectivity index (χ1n) is 3.25. The lowest BCUT2D eigenvalue weighted by molar-refractivity contribution is 0.0603. The van der Waals surface area contributed by atoms with Crippen molar-refractivity contribution in [2.75, 3.05) is 7.11 Å². The highest BCUT2D eigenvalue weighted by Crippen LogP contribution is 2.32. The lowest BCUT2D eigenvalue weighted by atomic mass is 10.5. The maximum absolute atomic E-state index is 12.0. The third-order valence-electron chi connectivity index (χ3n) is 1.22. The van der Waals surface area contributed by atoms with E-state index in [4.69, 9.17) is 0 Å². The molecule has 13 heavy (non-hydrogen) atoms. The van der Waals surface area contributed by atoms with E-state index < -0.39 is 11.7 Å². The number of alkyl halides is 2. The molecule has 0 atom stereocenters. The van der Waals surface area contributed by atoms with Crippen LogP contribution in [0.4, 0.5) is 8.78 Å². The number of thiophene rings is 1. The zero-order valence-electron chi connectivity index (χ0n) is 6.62. The van der Waals surface area contributed by atoms with Gasteiger partial charge in [0.25, 0.3) is 5.76 Å². The van der Waals surface area contributed by atoms with E-state index in [9.17, 15) is 13.6 Å². The lowest BCUT2D eigenvalue weighted by Crippen LogP contribution is -1.99. The van der Waals surface area contributed by atoms with E-state index in [2.05, 4.69) is 4.74 Å². The van der Waals surface area contributed by atoms with Crippen LogP contribution in [0.2, 0.25) is 0 Å². The fourth-order valence-electron chi connectivity index (χ4n) is 0.728. The minimum atomic E-state index is -2.52. The molecule has 0 aliphatic carbocycles. The van der Waals surface area contributed by atoms with Crippen LogP contribution in [0, 0.1) is 0 Å². The van der Waals surface area contributed by atoms with Crippen LogP contribution in [0.15, 0.2) is 16.3 Å². The van der Waals surface area contributed by atoms with E-state index in [0.717, 1.165) is 11.3 Å². The first kappa shape index (κ1) is 10.5. The van der Waals surface area contributed by atoms with Gasteiger partial charge in [-0.25, -0.2) is 4.79 Å². The van der Waals surface area contributed by atoms with Crippen LogP contribution in [0.1, 0.15) is 9.67 Å². The van der Waals surface area contributed by atoms with Crippen molar-refractivity contribution in [1.29, 1.82) is 0 Å². The highest BCUT2D eigenvalue weighted by molar-refractivity contribution is 7.99. The van der Waals surface area contributed by atoms with Crippen LogP contribution in [-0.4, -0.2) is 18.8 Å². The number of carbonyl (C=O) groups excluding carboxylic acids is 1. The SMILES string of the molecule is COC(=O)c1sccc1SC(F)F. The Bertz CT molecular complexity index is 298. The van der Waals surface area contributed by atoms with Gasteiger partial charge in [-0.05, 0) is 11.4 Å². The van der Waals surface area contributed by atoms with E-state index in [0.29, 0.717) is 11.8 Å². The molecule has 1 heterocycles. The minimum absolute atomic E-state index is 0.229. The summed E-state index contributed by atoms with van der Waals surface area (Å²) in [5.41, 5.74) is 0. The molecule has 0 saturated heterocycles. The summed E-state index contributed by atoms with van der Waals surface area (Å²) in [5, 5.41) is 1.58. The fraction of sp³-hybridized carbons (Fsp3) is 0.286. The second kappa shape index (κ2) is 4.57. The van der Waals surface area contributed by atoms with Gasteiger partial charge >= 0.3 is 5.97 Å². The molecule has 0 aliphatic rings. The van der Waals surface area contributed by atoms with Crippen molar-refractivity contribution in [1.82, 2.24) is 0 Å². The average molecular weight is 224 g/mol. The van der Waals surface area contributed by atoms with Crippen molar-refractivity contribution in [2.45, 2.75) is 10.7 Å². The lowest BCUT2D eigenvalue weighted by Gasteiger charge is -1.99. The molecule has 1 aromatic rings. The maximum Gasteiger partial charge on any atom is 0.349 e. The number of esters is 1. The van der Waals surface area contributed by atoms with Gasteiger partial charge in [-0.2, -0.15) is 8.78 Å². The molecule has 0 aliphatic heterocycles. The zero-order valence-corrected chi connectivity index (χ0v) is 8.25. The molecule has 0 N–H and O–H groups in total. The standard InChI is InChI=1S/C7H6F2O2S2/c1-11-6(10)5-4(2-3-12-5)13-7(8)9/h2-3,7H,1H3. The number of carbonyl (C=O) groups is 1. The number of hydrogen-bond acceptors (Lipinski definition) is 4. The summed E-state index contributed by atoms with van der Waals surface area (Å²) in [5.74, 6) is -3.09. The third-order valence-corrected chi connectivity index (χ3v) is 3.01. The summed E-state index contributed by atoms with van der Waals surface area (Å²) in [7, 11) is 1.22. The third kappa shape index (κ3) is 2.67. The molecule has 0 bridgehead atoms. The Morgan fingerprint density at radius 2 is 2.38 bits per heavy atom. The maximum atomic E-state index is 12.0. The van der Waals surface area contributed by atoms with Gasteiger partial charge in [0.1, 0.15) is 4.88 Å². The van der Waals surface area contributed by atoms with E-state index >= 15 is 0 Å². The van der Waals surface area contributed by atoms with Crippen LogP contribution in [-0.2, 0) is 4.74 Å². The summed E-state index contributed by atoms with van der Waals surface area (Å²) in [4.78, 5) is 11.5. The second-order valence-electron chi connectivity index (χ2n) is 1.98. The topological polar surface area (TPSA) is 26.3 Å². The van der Waals surface area contributed by atoms with Gasteiger partial charge < -0.3 is 4.74 Å². The van der Waals surface area contributed by atoms with Gasteiger partial charge in [0.15, 0.2) is 0 Å². The van der Waals surface area contributed by atoms with E-state index in [1.165, 1.54) is 13.2 Å². The van der Waals surface area contributed by atoms with Crippen molar-refractivity contribution in [3.05, 3.63) is 16.3 Å². The van der Waals surface area contributed by atoms with Crippen molar-refractivity contribution in [3.63, 3.8) is 0 Å². The van der Waals surface area contributed by atoms with E-state index in [-0.39, 0.29) is 9.77 Å². The van der Waals surface area contributed by atoms with Crippen LogP contribution in [0.5, 0.6) is 0 Å². The Hall–Kier alpha value is -0.620. The molecule has 0 radical (unpaired) electrons. The van der Waals surface area contributed by atoms with Gasteiger partial charge in [0.05, 0.1) is 7.11 Å². The fourth-order valence-corrected chi connectivity index (χ4v) is 2.34. The number of thioether (sulfide) groups is 1. The smallest absolute Gasteiger partial charge is 0.349 e. The van der Waals surface area contributed by atoms with Crippen molar-refractivity contribution in [2.24, 2.45) is 0 Å². The molecular weight excluding hydrogens is 218 g/mol. The van der Waals surface area contributed by atoms with Gasteiger partial charge in [-0.15, -0.1) is 11.3 Å². The molecule has 0 amide bonds. The van der Waals surface area contributed by atoms with E-state index in [1.54, 1.807) is 5.38 Å². The van der Waals surface area contributed by atoms with Crippen molar-refractivity contribution in [3.8, 4) is 0 Å². The molecule has 1 aromatic heterocycles. The molecular formula is C7H6F2O2S2. The molecule has 6 heteroatoms. The van der Waals surface area contributed by atoms with Gasteiger partial charge in [0.2, 0.25) is 0 Å². The highest BCUT2D eigenvalue weighted by Gasteiger charge is 2.17. The summed E-state index contributed by atoms with van der Waals surface area (Å²) in [6.45, 7) is 0. The monoisotopic (exact) mass is 224 g/mol. The summed E-state index contributed by atoms with van der Waals surface area (Å²) >= 11 is 1.45. The van der Waals surface area contributed by atoms with Gasteiger partial charge in [0, 0.05) is 4.90 Å². The Labute approximate surface area is 81.9 Å². The van der Waals surface area contributed by atoms with Crippen LogP contribution in [0.3, 0.4) is 0 Å². The summed E-state index contributed by atoms with van der Waals surface area (Å²) < 4.78 is 28.4. The molecule has 0 fully saturated rings. The first-order chi connectivity index (χ1) is 6.15. The summed E-state index contributed by atoms with van der Waals surface area (Å²) in [6.07, 6.45) is 0. The molecule has 1 rings (SSSR count). The van der Waals surface area contributed by atoms with Gasteiger partial charge in [-0.1, -0.05) is 11.8 Å². The number of rotatable bonds is 3. The molecule has 0 spiro atoms. The molecule has 2 nitrogen and oxygen atoms in total. The normalized spacial score (nSPS) is 10.5. The van der Waals surface area contributed by atoms with Crippen LogP contribution < -0.4 is 0 Å². The second-order valence-corrected chi connectivity index (χ2v) is 3.93. The van der Waals surface area contributed by atoms with E-state index in [1.807, 2.05) is 0 Å². The van der Waals surface area contributed by atoms with Crippen LogP contribution in [0.25, 0.3) is 0 Å². The van der Waals surface area contributed by atoms with Crippen molar-refractivity contribution < 1.29 is 18.3 Å². The number of hydrogen-bond donors (Lipinski definition) is 0. The van der Waals surface area contributed by atoms with Gasteiger partial charge in [-0.3, -0.25) is 0 Å². The first-order valence-corrected chi connectivity index (χ1v) is 5.01. The van der Waals surface area contributed by atoms with Crippen molar-refractivity contribution >= 4 is 29.1 Å². The molecule has 0 unspecified atom stereocenters. The predicted molar refractivity (Wildman–Crippen MR) is 47.5 cm³/mol. The average Bonchev–Trinajstić information content (AvgIpc) is 2.50. The number of methoxy groups -OCH3 is 1. The molecule has 72 valence electrons. The highest BCUT2D eigenvalue weighted by atomic mass is 32.2. The number of halogens is 2. The minimum Gasteiger partial charge on any atom is -0.465 e. The number of ether oxygens (including phenoxy) is 1. The quantitative estimate of drug-likeness (QED) is 0.583. The predicted octanol–water partition coefficient (Wildman–Crippen LogP) is 2.85. The zero-order chi connectivity index (χ0) is 9.84. The largest absolute Gasteiger partial charge is 0.465 e. The van der Waals surface area contributed by atoms with Crippen LogP contribution >= 0.6 is 23.1 Å². The Kier molecular flexibility index (Phi) is 3.68. The Morgan fingerprint density at radius 1 is 1.69 bits per heavy atom. The molecule has 0 saturated carbocycles. The Morgan fingerprint density at radius 3 is 2.92 bits per heavy atom. The Balaban J connectivity index is 2.83.